The predicted molar refractivity (Wildman–Crippen MR) is 324 cm³/mol. The van der Waals surface area contributed by atoms with Crippen LogP contribution < -0.4 is 5.32 Å². The molecular weight excluding hydrogens is 911 g/mol. The highest BCUT2D eigenvalue weighted by molar-refractivity contribution is 5.76. The molecule has 0 rings (SSSR count). The molecule has 0 aromatic carbocycles. The van der Waals surface area contributed by atoms with Gasteiger partial charge < -0.3 is 20.3 Å². The van der Waals surface area contributed by atoms with Gasteiger partial charge >= 0.3 is 5.97 Å². The van der Waals surface area contributed by atoms with Gasteiger partial charge in [-0.15, -0.1) is 0 Å². The van der Waals surface area contributed by atoms with Crippen LogP contribution in [-0.2, 0) is 14.3 Å². The van der Waals surface area contributed by atoms with Crippen LogP contribution in [0.15, 0.2) is 24.3 Å². The van der Waals surface area contributed by atoms with Gasteiger partial charge in [0, 0.05) is 12.8 Å². The molecule has 3 N–H and O–H groups in total. The number of nitrogens with one attached hydrogen (secondary N) is 1. The molecular formula is C68H131NO5. The van der Waals surface area contributed by atoms with Crippen molar-refractivity contribution in [3.05, 3.63) is 24.3 Å². The van der Waals surface area contributed by atoms with Crippen molar-refractivity contribution in [2.24, 2.45) is 0 Å². The summed E-state index contributed by atoms with van der Waals surface area (Å²) in [5, 5.41) is 23.2. The van der Waals surface area contributed by atoms with Crippen molar-refractivity contribution in [3.8, 4) is 0 Å². The second-order valence-corrected chi connectivity index (χ2v) is 23.2. The van der Waals surface area contributed by atoms with Gasteiger partial charge in [-0.25, -0.2) is 0 Å². The Morgan fingerprint density at radius 3 is 1.05 bits per heavy atom. The van der Waals surface area contributed by atoms with Gasteiger partial charge in [-0.3, -0.25) is 9.59 Å². The van der Waals surface area contributed by atoms with Gasteiger partial charge in [0.05, 0.1) is 25.4 Å². The molecule has 0 radical (unpaired) electrons. The van der Waals surface area contributed by atoms with Crippen LogP contribution in [0.25, 0.3) is 0 Å². The molecule has 6 nitrogen and oxygen atoms in total. The Kier molecular flexibility index (Phi) is 62.4. The van der Waals surface area contributed by atoms with E-state index in [0.29, 0.717) is 25.9 Å². The number of carbonyl (C=O) groups excluding carboxylic acids is 2. The average molecular weight is 1040 g/mol. The summed E-state index contributed by atoms with van der Waals surface area (Å²) in [7, 11) is 0. The quantitative estimate of drug-likeness (QED) is 0.0320. The SMILES string of the molecule is CCCCC/C=C\C/C=C\CCCCCCCCCC(=O)OCCCCCCCCCCCCCCCCCCCCCCCCCCCCCCCC(=O)NC(CO)C(O)CCCCCCCCCCCCC. The number of allylic oxidation sites excluding steroid dienone is 4. The molecule has 0 saturated heterocycles. The van der Waals surface area contributed by atoms with E-state index in [1.165, 1.54) is 289 Å². The van der Waals surface area contributed by atoms with Crippen LogP contribution in [0.5, 0.6) is 0 Å². The van der Waals surface area contributed by atoms with E-state index in [2.05, 4.69) is 43.5 Å². The van der Waals surface area contributed by atoms with Crippen molar-refractivity contribution in [3.63, 3.8) is 0 Å². The molecule has 2 atom stereocenters. The van der Waals surface area contributed by atoms with Crippen LogP contribution >= 0.6 is 0 Å². The lowest BCUT2D eigenvalue weighted by molar-refractivity contribution is -0.143. The van der Waals surface area contributed by atoms with E-state index in [9.17, 15) is 19.8 Å². The van der Waals surface area contributed by atoms with Gasteiger partial charge in [-0.2, -0.15) is 0 Å². The topological polar surface area (TPSA) is 95.9 Å². The van der Waals surface area contributed by atoms with Crippen LogP contribution in [0.4, 0.5) is 0 Å². The monoisotopic (exact) mass is 1040 g/mol. The number of aliphatic hydroxyl groups excluding tert-OH is 2. The van der Waals surface area contributed by atoms with Crippen molar-refractivity contribution in [1.29, 1.82) is 0 Å². The Morgan fingerprint density at radius 1 is 0.378 bits per heavy atom. The first-order valence-corrected chi connectivity index (χ1v) is 33.6. The van der Waals surface area contributed by atoms with E-state index in [0.717, 1.165) is 51.4 Å². The van der Waals surface area contributed by atoms with Gasteiger partial charge in [0.2, 0.25) is 5.91 Å². The van der Waals surface area contributed by atoms with Gasteiger partial charge in [0.1, 0.15) is 0 Å². The number of esters is 1. The Labute approximate surface area is 462 Å². The maximum Gasteiger partial charge on any atom is 0.305 e. The number of hydrogen-bond donors (Lipinski definition) is 3. The summed E-state index contributed by atoms with van der Waals surface area (Å²) in [6, 6.07) is -0.537. The average Bonchev–Trinajstić information content (AvgIpc) is 3.40. The molecule has 0 fully saturated rings. The fraction of sp³-hybridized carbons (Fsp3) is 0.912. The minimum Gasteiger partial charge on any atom is -0.466 e. The lowest BCUT2D eigenvalue weighted by Crippen LogP contribution is -2.45. The third-order valence-corrected chi connectivity index (χ3v) is 15.8. The normalized spacial score (nSPS) is 12.6. The summed E-state index contributed by atoms with van der Waals surface area (Å²) in [6.45, 7) is 4.94. The lowest BCUT2D eigenvalue weighted by atomic mass is 10.0. The third-order valence-electron chi connectivity index (χ3n) is 15.8. The molecule has 0 aromatic heterocycles. The zero-order valence-corrected chi connectivity index (χ0v) is 50.1. The molecule has 0 spiro atoms. The van der Waals surface area contributed by atoms with E-state index >= 15 is 0 Å². The van der Waals surface area contributed by atoms with Crippen molar-refractivity contribution in [1.82, 2.24) is 5.32 Å². The largest absolute Gasteiger partial charge is 0.466 e. The number of ether oxygens (including phenoxy) is 1. The molecule has 0 aliphatic carbocycles. The minimum absolute atomic E-state index is 0.0121. The fourth-order valence-electron chi connectivity index (χ4n) is 10.6. The van der Waals surface area contributed by atoms with E-state index in [1.54, 1.807) is 0 Å². The summed E-state index contributed by atoms with van der Waals surface area (Å²) in [4.78, 5) is 24.5. The van der Waals surface area contributed by atoms with E-state index in [1.807, 2.05) is 0 Å². The van der Waals surface area contributed by atoms with Crippen LogP contribution in [0.1, 0.15) is 373 Å². The highest BCUT2D eigenvalue weighted by Crippen LogP contribution is 2.19. The lowest BCUT2D eigenvalue weighted by Gasteiger charge is -2.22. The minimum atomic E-state index is -0.660. The molecule has 438 valence electrons. The Bertz CT molecular complexity index is 1150. The zero-order valence-electron chi connectivity index (χ0n) is 50.1. The predicted octanol–water partition coefficient (Wildman–Crippen LogP) is 21.4. The van der Waals surface area contributed by atoms with Gasteiger partial charge in [0.15, 0.2) is 0 Å². The first kappa shape index (κ1) is 72.3. The van der Waals surface area contributed by atoms with Gasteiger partial charge in [-0.05, 0) is 57.8 Å². The zero-order chi connectivity index (χ0) is 53.6. The first-order chi connectivity index (χ1) is 36.5. The number of hydrogen-bond acceptors (Lipinski definition) is 5. The third kappa shape index (κ3) is 59.6. The number of amides is 1. The summed E-state index contributed by atoms with van der Waals surface area (Å²) < 4.78 is 5.50. The number of carbonyl (C=O) groups is 2. The van der Waals surface area contributed by atoms with E-state index < -0.39 is 12.1 Å². The smallest absolute Gasteiger partial charge is 0.305 e. The molecule has 1 amide bonds. The number of aliphatic hydroxyl groups is 2. The summed E-state index contributed by atoms with van der Waals surface area (Å²) in [5.41, 5.74) is 0. The number of rotatable bonds is 63. The molecule has 2 unspecified atom stereocenters. The van der Waals surface area contributed by atoms with Crippen LogP contribution in [-0.4, -0.2) is 47.4 Å². The highest BCUT2D eigenvalue weighted by Gasteiger charge is 2.20. The second-order valence-electron chi connectivity index (χ2n) is 23.2. The Hall–Kier alpha value is -1.66. The number of unbranched alkanes of at least 4 members (excludes halogenated alkanes) is 48. The van der Waals surface area contributed by atoms with Crippen molar-refractivity contribution >= 4 is 11.9 Å². The van der Waals surface area contributed by atoms with Crippen molar-refractivity contribution in [2.75, 3.05) is 13.2 Å². The molecule has 0 aliphatic heterocycles. The maximum atomic E-state index is 12.5. The molecule has 0 saturated carbocycles. The molecule has 74 heavy (non-hydrogen) atoms. The Morgan fingerprint density at radius 2 is 0.676 bits per heavy atom. The van der Waals surface area contributed by atoms with E-state index in [-0.39, 0.29) is 18.5 Å². The first-order valence-electron chi connectivity index (χ1n) is 33.6. The second kappa shape index (κ2) is 63.9. The Balaban J connectivity index is 3.31. The molecule has 6 heteroatoms. The summed E-state index contributed by atoms with van der Waals surface area (Å²) in [6.07, 6.45) is 79.4. The maximum absolute atomic E-state index is 12.5. The van der Waals surface area contributed by atoms with Crippen LogP contribution in [0.2, 0.25) is 0 Å². The summed E-state index contributed by atoms with van der Waals surface area (Å²) in [5.74, 6) is -0.0187. The van der Waals surface area contributed by atoms with Gasteiger partial charge in [-0.1, -0.05) is 327 Å². The van der Waals surface area contributed by atoms with Gasteiger partial charge in [0.25, 0.3) is 0 Å². The van der Waals surface area contributed by atoms with Crippen LogP contribution in [0, 0.1) is 0 Å². The molecule has 0 aromatic rings. The molecule has 0 aliphatic rings. The molecule has 0 bridgehead atoms. The van der Waals surface area contributed by atoms with Crippen LogP contribution in [0.3, 0.4) is 0 Å². The summed E-state index contributed by atoms with van der Waals surface area (Å²) >= 11 is 0. The highest BCUT2D eigenvalue weighted by atomic mass is 16.5. The van der Waals surface area contributed by atoms with Crippen molar-refractivity contribution < 1.29 is 24.5 Å². The molecule has 0 heterocycles. The van der Waals surface area contributed by atoms with E-state index in [4.69, 9.17) is 4.74 Å². The fourth-order valence-corrected chi connectivity index (χ4v) is 10.6. The standard InChI is InChI=1S/C68H131NO5/c1-3-5-7-9-11-13-15-16-17-31-35-38-42-46-50-54-58-62-68(73)74-63-59-55-51-47-43-39-36-33-30-28-26-24-22-20-18-19-21-23-25-27-29-32-34-37-41-45-49-53-57-61-67(72)69-65(64-70)66(71)60-56-52-48-44-40-14-12-10-8-6-4-2/h11,13,16-17,65-66,70-71H,3-10,12,14-15,18-64H2,1-2H3,(H,69,72)/b13-11-,17-16-. The van der Waals surface area contributed by atoms with Crippen molar-refractivity contribution in [2.45, 2.75) is 386 Å².